The molecule has 2 unspecified atom stereocenters. The number of amides is 2. The summed E-state index contributed by atoms with van der Waals surface area (Å²) >= 11 is 7.40. The van der Waals surface area contributed by atoms with Gasteiger partial charge < -0.3 is 15.8 Å². The van der Waals surface area contributed by atoms with Crippen LogP contribution in [0.2, 0.25) is 5.02 Å². The van der Waals surface area contributed by atoms with Crippen molar-refractivity contribution in [1.29, 1.82) is 0 Å². The largest absolute Gasteiger partial charge is 0.481 e. The lowest BCUT2D eigenvalue weighted by Crippen LogP contribution is -2.30. The second-order valence-corrected chi connectivity index (χ2v) is 8.34. The second kappa shape index (κ2) is 8.31. The van der Waals surface area contributed by atoms with Gasteiger partial charge in [-0.05, 0) is 55.9 Å². The molecule has 7 heteroatoms. The molecule has 1 heterocycles. The number of rotatable bonds is 6. The summed E-state index contributed by atoms with van der Waals surface area (Å²) in [5.41, 5.74) is 7.06. The number of carbonyl (C=O) groups excluding carboxylic acids is 2. The number of carbonyl (C=O) groups is 2. The molecule has 1 aromatic heterocycles. The van der Waals surface area contributed by atoms with Crippen LogP contribution in [-0.4, -0.2) is 17.9 Å². The molecule has 5 nitrogen and oxygen atoms in total. The molecule has 3 N–H and O–H groups in total. The fourth-order valence-corrected chi connectivity index (χ4v) is 4.91. The average molecular weight is 407 g/mol. The van der Waals surface area contributed by atoms with Gasteiger partial charge in [0.25, 0.3) is 11.8 Å². The van der Waals surface area contributed by atoms with Crippen LogP contribution in [-0.2, 0) is 17.6 Å². The van der Waals surface area contributed by atoms with Crippen molar-refractivity contribution in [3.05, 3.63) is 45.3 Å². The van der Waals surface area contributed by atoms with Crippen LogP contribution in [0.25, 0.3) is 0 Å². The number of halogens is 1. The third-order valence-electron chi connectivity index (χ3n) is 4.91. The molecular weight excluding hydrogens is 384 g/mol. The van der Waals surface area contributed by atoms with Crippen LogP contribution in [0.5, 0.6) is 5.75 Å². The van der Waals surface area contributed by atoms with E-state index in [-0.39, 0.29) is 5.91 Å². The summed E-state index contributed by atoms with van der Waals surface area (Å²) in [7, 11) is 0. The van der Waals surface area contributed by atoms with Crippen molar-refractivity contribution >= 4 is 39.8 Å². The molecule has 27 heavy (non-hydrogen) atoms. The van der Waals surface area contributed by atoms with E-state index in [1.807, 2.05) is 0 Å². The first kappa shape index (κ1) is 19.7. The van der Waals surface area contributed by atoms with E-state index in [1.54, 1.807) is 31.2 Å². The standard InChI is InChI=1S/C20H23ClN2O3S/c1-3-12-7-8-15-16(9-12)27-20(17(15)18(22)24)23-19(25)11(2)26-14-6-4-5-13(21)10-14/h4-6,10-12H,3,7-9H2,1-2H3,(H2,22,24)(H,23,25). The lowest BCUT2D eigenvalue weighted by atomic mass is 9.85. The van der Waals surface area contributed by atoms with E-state index in [4.69, 9.17) is 22.1 Å². The van der Waals surface area contributed by atoms with Crippen molar-refractivity contribution in [2.24, 2.45) is 11.7 Å². The van der Waals surface area contributed by atoms with E-state index in [9.17, 15) is 9.59 Å². The maximum Gasteiger partial charge on any atom is 0.265 e. The number of nitrogens with one attached hydrogen (secondary N) is 1. The quantitative estimate of drug-likeness (QED) is 0.744. The van der Waals surface area contributed by atoms with Gasteiger partial charge in [-0.25, -0.2) is 0 Å². The zero-order valence-electron chi connectivity index (χ0n) is 15.4. The minimum absolute atomic E-state index is 0.330. The molecular formula is C20H23ClN2O3S. The monoisotopic (exact) mass is 406 g/mol. The smallest absolute Gasteiger partial charge is 0.265 e. The van der Waals surface area contributed by atoms with Crippen LogP contribution in [0.4, 0.5) is 5.00 Å². The van der Waals surface area contributed by atoms with Gasteiger partial charge in [0.05, 0.1) is 5.56 Å². The van der Waals surface area contributed by atoms with Crippen molar-refractivity contribution in [2.45, 2.75) is 45.6 Å². The van der Waals surface area contributed by atoms with E-state index in [2.05, 4.69) is 12.2 Å². The topological polar surface area (TPSA) is 81.4 Å². The van der Waals surface area contributed by atoms with Gasteiger partial charge in [-0.15, -0.1) is 11.3 Å². The number of anilines is 1. The minimum atomic E-state index is -0.744. The molecule has 3 rings (SSSR count). The Bertz CT molecular complexity index is 865. The number of hydrogen-bond acceptors (Lipinski definition) is 4. The van der Waals surface area contributed by atoms with Crippen LogP contribution < -0.4 is 15.8 Å². The predicted octanol–water partition coefficient (Wildman–Crippen LogP) is 4.42. The van der Waals surface area contributed by atoms with Gasteiger partial charge in [-0.3, -0.25) is 9.59 Å². The lowest BCUT2D eigenvalue weighted by Gasteiger charge is -2.20. The lowest BCUT2D eigenvalue weighted by molar-refractivity contribution is -0.122. The Labute approximate surface area is 167 Å². The summed E-state index contributed by atoms with van der Waals surface area (Å²) in [4.78, 5) is 25.8. The molecule has 0 saturated carbocycles. The van der Waals surface area contributed by atoms with Crippen molar-refractivity contribution in [3.63, 3.8) is 0 Å². The molecule has 0 fully saturated rings. The van der Waals surface area contributed by atoms with Crippen molar-refractivity contribution in [2.75, 3.05) is 5.32 Å². The molecule has 0 saturated heterocycles. The molecule has 2 aromatic rings. The van der Waals surface area contributed by atoms with Crippen LogP contribution in [0.3, 0.4) is 0 Å². The van der Waals surface area contributed by atoms with Crippen molar-refractivity contribution < 1.29 is 14.3 Å². The molecule has 2 atom stereocenters. The average Bonchev–Trinajstić information content (AvgIpc) is 2.98. The number of nitrogens with two attached hydrogens (primary N) is 1. The molecule has 0 bridgehead atoms. The van der Waals surface area contributed by atoms with E-state index in [0.29, 0.717) is 27.3 Å². The molecule has 0 spiro atoms. The Morgan fingerprint density at radius 1 is 1.44 bits per heavy atom. The van der Waals surface area contributed by atoms with Crippen LogP contribution in [0.15, 0.2) is 24.3 Å². The molecule has 144 valence electrons. The zero-order valence-corrected chi connectivity index (χ0v) is 17.0. The van der Waals surface area contributed by atoms with Gasteiger partial charge in [-0.1, -0.05) is 31.0 Å². The SMILES string of the molecule is CCC1CCc2c(sc(NC(=O)C(C)Oc3cccc(Cl)c3)c2C(N)=O)C1. The van der Waals surface area contributed by atoms with Crippen LogP contribution >= 0.6 is 22.9 Å². The number of benzene rings is 1. The van der Waals surface area contributed by atoms with E-state index < -0.39 is 12.0 Å². The molecule has 2 amide bonds. The van der Waals surface area contributed by atoms with E-state index >= 15 is 0 Å². The molecule has 0 aliphatic heterocycles. The van der Waals surface area contributed by atoms with Gasteiger partial charge in [0.2, 0.25) is 0 Å². The number of fused-ring (bicyclic) bond motifs is 1. The van der Waals surface area contributed by atoms with E-state index in [1.165, 1.54) is 11.3 Å². The van der Waals surface area contributed by atoms with Gasteiger partial charge >= 0.3 is 0 Å². The minimum Gasteiger partial charge on any atom is -0.481 e. The maximum atomic E-state index is 12.6. The molecule has 1 aromatic carbocycles. The summed E-state index contributed by atoms with van der Waals surface area (Å²) in [6.45, 7) is 3.83. The summed E-state index contributed by atoms with van der Waals surface area (Å²) in [6, 6.07) is 6.87. The Morgan fingerprint density at radius 3 is 2.89 bits per heavy atom. The molecule has 1 aliphatic rings. The highest BCUT2D eigenvalue weighted by molar-refractivity contribution is 7.17. The van der Waals surface area contributed by atoms with Crippen molar-refractivity contribution in [1.82, 2.24) is 0 Å². The highest BCUT2D eigenvalue weighted by atomic mass is 35.5. The van der Waals surface area contributed by atoms with Gasteiger partial charge in [0, 0.05) is 9.90 Å². The Balaban J connectivity index is 1.77. The second-order valence-electron chi connectivity index (χ2n) is 6.80. The van der Waals surface area contributed by atoms with Crippen molar-refractivity contribution in [3.8, 4) is 5.75 Å². The van der Waals surface area contributed by atoms with Crippen LogP contribution in [0.1, 0.15) is 47.5 Å². The molecule has 0 radical (unpaired) electrons. The van der Waals surface area contributed by atoms with Gasteiger partial charge in [0.1, 0.15) is 10.8 Å². The Kier molecular flexibility index (Phi) is 6.07. The first-order valence-electron chi connectivity index (χ1n) is 9.06. The fourth-order valence-electron chi connectivity index (χ4n) is 3.36. The fraction of sp³-hybridized carbons (Fsp3) is 0.400. The highest BCUT2D eigenvalue weighted by Crippen LogP contribution is 2.40. The summed E-state index contributed by atoms with van der Waals surface area (Å²) < 4.78 is 5.66. The summed E-state index contributed by atoms with van der Waals surface area (Å²) in [6.07, 6.45) is 3.16. The predicted molar refractivity (Wildman–Crippen MR) is 109 cm³/mol. The number of thiophene rings is 1. The molecule has 1 aliphatic carbocycles. The van der Waals surface area contributed by atoms with Crippen LogP contribution in [0, 0.1) is 5.92 Å². The highest BCUT2D eigenvalue weighted by Gasteiger charge is 2.29. The first-order chi connectivity index (χ1) is 12.9. The summed E-state index contributed by atoms with van der Waals surface area (Å²) in [5.74, 6) is 0.298. The number of ether oxygens (including phenoxy) is 1. The number of primary amides is 1. The normalized spacial score (nSPS) is 17.1. The Morgan fingerprint density at radius 2 is 2.22 bits per heavy atom. The summed E-state index contributed by atoms with van der Waals surface area (Å²) in [5, 5.41) is 3.90. The third-order valence-corrected chi connectivity index (χ3v) is 6.31. The van der Waals surface area contributed by atoms with Gasteiger partial charge in [0.15, 0.2) is 6.10 Å². The third kappa shape index (κ3) is 4.45. The Hall–Kier alpha value is -2.05. The van der Waals surface area contributed by atoms with E-state index in [0.717, 1.165) is 36.1 Å². The van der Waals surface area contributed by atoms with Gasteiger partial charge in [-0.2, -0.15) is 0 Å². The maximum absolute atomic E-state index is 12.6. The zero-order chi connectivity index (χ0) is 19.6. The first-order valence-corrected chi connectivity index (χ1v) is 10.3. The number of hydrogen-bond donors (Lipinski definition) is 2.